The van der Waals surface area contributed by atoms with E-state index in [-0.39, 0.29) is 5.91 Å². The van der Waals surface area contributed by atoms with Gasteiger partial charge in [-0.3, -0.25) is 4.79 Å². The van der Waals surface area contributed by atoms with E-state index in [9.17, 15) is 4.79 Å². The van der Waals surface area contributed by atoms with Gasteiger partial charge in [0.1, 0.15) is 0 Å². The molecule has 0 fully saturated rings. The fourth-order valence-corrected chi connectivity index (χ4v) is 1.45. The summed E-state index contributed by atoms with van der Waals surface area (Å²) in [6.45, 7) is 13.1. The third-order valence-electron chi connectivity index (χ3n) is 2.31. The molecule has 1 heterocycles. The SMILES string of the molecule is CC.CC.CCC1=CC(C)CCC(=O)NC1. The zero-order valence-electron chi connectivity index (χ0n) is 11.9. The van der Waals surface area contributed by atoms with Crippen LogP contribution in [0.5, 0.6) is 0 Å². The topological polar surface area (TPSA) is 29.1 Å². The number of carbonyl (C=O) groups excluding carboxylic acids is 1. The average Bonchev–Trinajstić information content (AvgIpc) is 2.34. The lowest BCUT2D eigenvalue weighted by Crippen LogP contribution is -2.27. The summed E-state index contributed by atoms with van der Waals surface area (Å²) >= 11 is 0. The summed E-state index contributed by atoms with van der Waals surface area (Å²) in [5.41, 5.74) is 1.36. The van der Waals surface area contributed by atoms with Crippen LogP contribution in [0.1, 0.15) is 60.8 Å². The highest BCUT2D eigenvalue weighted by molar-refractivity contribution is 5.76. The van der Waals surface area contributed by atoms with E-state index in [1.807, 2.05) is 27.7 Å². The summed E-state index contributed by atoms with van der Waals surface area (Å²) < 4.78 is 0. The molecule has 0 aromatic carbocycles. The molecule has 1 aliphatic rings. The van der Waals surface area contributed by atoms with Gasteiger partial charge >= 0.3 is 0 Å². The van der Waals surface area contributed by atoms with Gasteiger partial charge < -0.3 is 5.32 Å². The first-order valence-electron chi connectivity index (χ1n) is 6.68. The van der Waals surface area contributed by atoms with Gasteiger partial charge in [0.15, 0.2) is 0 Å². The van der Waals surface area contributed by atoms with Gasteiger partial charge in [-0.15, -0.1) is 0 Å². The van der Waals surface area contributed by atoms with Gasteiger partial charge in [0.25, 0.3) is 0 Å². The van der Waals surface area contributed by atoms with E-state index in [1.165, 1.54) is 5.57 Å². The Hall–Kier alpha value is -0.790. The summed E-state index contributed by atoms with van der Waals surface area (Å²) in [5, 5.41) is 2.90. The van der Waals surface area contributed by atoms with Crippen LogP contribution in [0.3, 0.4) is 0 Å². The van der Waals surface area contributed by atoms with Crippen molar-refractivity contribution in [1.82, 2.24) is 5.32 Å². The third-order valence-corrected chi connectivity index (χ3v) is 2.31. The van der Waals surface area contributed by atoms with Gasteiger partial charge in [0.05, 0.1) is 0 Å². The van der Waals surface area contributed by atoms with Gasteiger partial charge in [-0.1, -0.05) is 53.2 Å². The predicted octanol–water partition coefficient (Wildman–Crippen LogP) is 3.92. The third kappa shape index (κ3) is 8.51. The largest absolute Gasteiger partial charge is 0.352 e. The van der Waals surface area contributed by atoms with Crippen LogP contribution in [0.4, 0.5) is 0 Å². The van der Waals surface area contributed by atoms with Gasteiger partial charge in [0, 0.05) is 13.0 Å². The average molecular weight is 227 g/mol. The lowest BCUT2D eigenvalue weighted by atomic mass is 9.99. The Morgan fingerprint density at radius 2 is 1.88 bits per heavy atom. The second-order valence-corrected chi connectivity index (χ2v) is 3.47. The molecule has 0 radical (unpaired) electrons. The van der Waals surface area contributed by atoms with Crippen molar-refractivity contribution in [3.8, 4) is 0 Å². The highest BCUT2D eigenvalue weighted by Crippen LogP contribution is 2.14. The maximum absolute atomic E-state index is 11.1. The molecule has 0 aliphatic carbocycles. The van der Waals surface area contributed by atoms with E-state index in [0.717, 1.165) is 19.4 Å². The van der Waals surface area contributed by atoms with E-state index in [0.29, 0.717) is 12.3 Å². The van der Waals surface area contributed by atoms with Gasteiger partial charge in [-0.05, 0) is 18.8 Å². The Bertz CT molecular complexity index is 197. The zero-order valence-corrected chi connectivity index (χ0v) is 11.9. The minimum absolute atomic E-state index is 0.195. The van der Waals surface area contributed by atoms with Crippen molar-refractivity contribution in [1.29, 1.82) is 0 Å². The van der Waals surface area contributed by atoms with E-state index < -0.39 is 0 Å². The number of rotatable bonds is 1. The van der Waals surface area contributed by atoms with Crippen LogP contribution in [-0.2, 0) is 4.79 Å². The highest BCUT2D eigenvalue weighted by Gasteiger charge is 2.09. The second-order valence-electron chi connectivity index (χ2n) is 3.47. The van der Waals surface area contributed by atoms with Crippen LogP contribution in [0.15, 0.2) is 11.6 Å². The fourth-order valence-electron chi connectivity index (χ4n) is 1.45. The maximum Gasteiger partial charge on any atom is 0.220 e. The lowest BCUT2D eigenvalue weighted by molar-refractivity contribution is -0.121. The van der Waals surface area contributed by atoms with Crippen molar-refractivity contribution in [2.45, 2.75) is 60.8 Å². The molecule has 1 unspecified atom stereocenters. The van der Waals surface area contributed by atoms with Crippen molar-refractivity contribution >= 4 is 5.91 Å². The quantitative estimate of drug-likeness (QED) is 0.676. The molecule has 96 valence electrons. The second kappa shape index (κ2) is 12.3. The predicted molar refractivity (Wildman–Crippen MR) is 72.5 cm³/mol. The zero-order chi connectivity index (χ0) is 13.0. The molecule has 1 atom stereocenters. The Labute approximate surface area is 102 Å². The van der Waals surface area contributed by atoms with Crippen LogP contribution in [-0.4, -0.2) is 12.5 Å². The van der Waals surface area contributed by atoms with Crippen molar-refractivity contribution in [3.63, 3.8) is 0 Å². The molecule has 0 saturated carbocycles. The molecule has 1 aliphatic heterocycles. The molecular weight excluding hydrogens is 198 g/mol. The molecule has 0 bridgehead atoms. The summed E-state index contributed by atoms with van der Waals surface area (Å²) in [5.74, 6) is 0.756. The number of hydrogen-bond donors (Lipinski definition) is 1. The molecular formula is C14H29NO. The minimum atomic E-state index is 0.195. The first kappa shape index (κ1) is 17.6. The number of carbonyl (C=O) groups is 1. The van der Waals surface area contributed by atoms with Crippen LogP contribution < -0.4 is 5.32 Å². The van der Waals surface area contributed by atoms with Crippen LogP contribution in [0, 0.1) is 5.92 Å². The van der Waals surface area contributed by atoms with Gasteiger partial charge in [0.2, 0.25) is 5.91 Å². The smallest absolute Gasteiger partial charge is 0.220 e. The molecule has 2 nitrogen and oxygen atoms in total. The van der Waals surface area contributed by atoms with Crippen LogP contribution >= 0.6 is 0 Å². The van der Waals surface area contributed by atoms with E-state index in [2.05, 4.69) is 25.2 Å². The van der Waals surface area contributed by atoms with Crippen LogP contribution in [0.25, 0.3) is 0 Å². The standard InChI is InChI=1S/C10H17NO.2C2H6/c1-3-9-6-8(2)4-5-10(12)11-7-9;2*1-2/h6,8H,3-5,7H2,1-2H3,(H,11,12);2*1-2H3. The molecule has 1 N–H and O–H groups in total. The Kier molecular flexibility index (Phi) is 13.5. The fraction of sp³-hybridized carbons (Fsp3) is 0.786. The highest BCUT2D eigenvalue weighted by atomic mass is 16.1. The minimum Gasteiger partial charge on any atom is -0.352 e. The van der Waals surface area contributed by atoms with Crippen molar-refractivity contribution in [3.05, 3.63) is 11.6 Å². The number of amides is 1. The van der Waals surface area contributed by atoms with Crippen molar-refractivity contribution < 1.29 is 4.79 Å². The summed E-state index contributed by atoms with van der Waals surface area (Å²) in [6, 6.07) is 0. The molecule has 1 amide bonds. The normalized spacial score (nSPS) is 19.8. The molecule has 2 heteroatoms. The van der Waals surface area contributed by atoms with Crippen LogP contribution in [0.2, 0.25) is 0 Å². The number of nitrogens with one attached hydrogen (secondary N) is 1. The summed E-state index contributed by atoms with van der Waals surface area (Å²) in [7, 11) is 0. The Morgan fingerprint density at radius 1 is 1.31 bits per heavy atom. The first-order valence-corrected chi connectivity index (χ1v) is 6.68. The summed E-state index contributed by atoms with van der Waals surface area (Å²) in [4.78, 5) is 11.1. The Balaban J connectivity index is 0. The van der Waals surface area contributed by atoms with Gasteiger partial charge in [-0.2, -0.15) is 0 Å². The molecule has 0 aromatic rings. The Morgan fingerprint density at radius 3 is 2.38 bits per heavy atom. The molecule has 0 spiro atoms. The van der Waals surface area contributed by atoms with E-state index in [4.69, 9.17) is 0 Å². The van der Waals surface area contributed by atoms with Crippen molar-refractivity contribution in [2.75, 3.05) is 6.54 Å². The molecule has 0 saturated heterocycles. The molecule has 1 rings (SSSR count). The number of hydrogen-bond acceptors (Lipinski definition) is 1. The molecule has 16 heavy (non-hydrogen) atoms. The molecule has 0 aromatic heterocycles. The van der Waals surface area contributed by atoms with E-state index >= 15 is 0 Å². The lowest BCUT2D eigenvalue weighted by Gasteiger charge is -2.15. The van der Waals surface area contributed by atoms with Crippen molar-refractivity contribution in [2.24, 2.45) is 5.92 Å². The first-order chi connectivity index (χ1) is 7.72. The monoisotopic (exact) mass is 227 g/mol. The van der Waals surface area contributed by atoms with E-state index in [1.54, 1.807) is 0 Å². The maximum atomic E-state index is 11.1. The van der Waals surface area contributed by atoms with Gasteiger partial charge in [-0.25, -0.2) is 0 Å². The number of allylic oxidation sites excluding steroid dienone is 1. The summed E-state index contributed by atoms with van der Waals surface area (Å²) in [6.07, 6.45) is 4.99.